The fraction of sp³-hybridized carbons (Fsp3) is 0.375. The number of hydrogen-bond acceptors (Lipinski definition) is 1. The first-order chi connectivity index (χ1) is 7.27. The highest BCUT2D eigenvalue weighted by Crippen LogP contribution is 2.32. The highest BCUT2D eigenvalue weighted by Gasteiger charge is 2.35. The van der Waals surface area contributed by atoms with Crippen LogP contribution in [0.4, 0.5) is 22.0 Å². The van der Waals surface area contributed by atoms with E-state index in [4.69, 9.17) is 11.6 Å². The van der Waals surface area contributed by atoms with Crippen molar-refractivity contribution in [3.63, 3.8) is 0 Å². The number of aromatic amines is 1. The summed E-state index contributed by atoms with van der Waals surface area (Å²) in [6.07, 6.45) is -8.07. The van der Waals surface area contributed by atoms with Crippen LogP contribution in [0.25, 0.3) is 0 Å². The Labute approximate surface area is 91.0 Å². The van der Waals surface area contributed by atoms with Gasteiger partial charge in [0.1, 0.15) is 0 Å². The summed E-state index contributed by atoms with van der Waals surface area (Å²) in [5.41, 5.74) is -4.52. The van der Waals surface area contributed by atoms with Crippen LogP contribution in [0.3, 0.4) is 0 Å². The third-order valence-electron chi connectivity index (χ3n) is 1.83. The SMILES string of the molecule is O=c1[nH]c(C(F)F)cc(C(F)(F)F)c1CCl. The number of aromatic nitrogens is 1. The predicted molar refractivity (Wildman–Crippen MR) is 46.6 cm³/mol. The van der Waals surface area contributed by atoms with Gasteiger partial charge in [0.25, 0.3) is 12.0 Å². The first-order valence-electron chi connectivity index (χ1n) is 3.94. The number of alkyl halides is 6. The Morgan fingerprint density at radius 1 is 1.38 bits per heavy atom. The molecule has 1 rings (SSSR count). The molecular weight excluding hydrogens is 257 g/mol. The lowest BCUT2D eigenvalue weighted by Gasteiger charge is -2.11. The van der Waals surface area contributed by atoms with Crippen molar-refractivity contribution in [3.8, 4) is 0 Å². The van der Waals surface area contributed by atoms with Crippen molar-refractivity contribution in [2.24, 2.45) is 0 Å². The number of halogens is 6. The summed E-state index contributed by atoms with van der Waals surface area (Å²) in [4.78, 5) is 12.7. The van der Waals surface area contributed by atoms with E-state index in [1.807, 2.05) is 0 Å². The molecule has 0 spiro atoms. The number of pyridine rings is 1. The van der Waals surface area contributed by atoms with Crippen molar-refractivity contribution in [1.82, 2.24) is 4.98 Å². The topological polar surface area (TPSA) is 32.9 Å². The molecule has 90 valence electrons. The van der Waals surface area contributed by atoms with Crippen LogP contribution in [0.1, 0.15) is 23.2 Å². The van der Waals surface area contributed by atoms with Gasteiger partial charge < -0.3 is 4.98 Å². The first kappa shape index (κ1) is 13.0. The highest BCUT2D eigenvalue weighted by atomic mass is 35.5. The average Bonchev–Trinajstić information content (AvgIpc) is 2.14. The molecule has 1 aromatic rings. The minimum absolute atomic E-state index is 0.198. The maximum absolute atomic E-state index is 12.4. The summed E-state index contributed by atoms with van der Waals surface area (Å²) < 4.78 is 61.6. The molecule has 0 fully saturated rings. The Bertz CT molecular complexity index is 439. The van der Waals surface area contributed by atoms with Crippen LogP contribution in [0.5, 0.6) is 0 Å². The second kappa shape index (κ2) is 4.40. The van der Waals surface area contributed by atoms with E-state index < -0.39 is 40.9 Å². The van der Waals surface area contributed by atoms with Crippen molar-refractivity contribution in [1.29, 1.82) is 0 Å². The zero-order valence-corrected chi connectivity index (χ0v) is 8.29. The third-order valence-corrected chi connectivity index (χ3v) is 2.10. The van der Waals surface area contributed by atoms with Gasteiger partial charge in [-0.1, -0.05) is 0 Å². The molecule has 2 nitrogen and oxygen atoms in total. The van der Waals surface area contributed by atoms with Crippen LogP contribution in [0.2, 0.25) is 0 Å². The van der Waals surface area contributed by atoms with E-state index >= 15 is 0 Å². The summed E-state index contributed by atoms with van der Waals surface area (Å²) in [5.74, 6) is -0.701. The maximum Gasteiger partial charge on any atom is 0.416 e. The Hall–Kier alpha value is -1.11. The van der Waals surface area contributed by atoms with Crippen molar-refractivity contribution >= 4 is 11.6 Å². The van der Waals surface area contributed by atoms with Crippen molar-refractivity contribution < 1.29 is 22.0 Å². The van der Waals surface area contributed by atoms with Gasteiger partial charge in [-0.25, -0.2) is 8.78 Å². The Morgan fingerprint density at radius 2 is 1.94 bits per heavy atom. The zero-order valence-electron chi connectivity index (χ0n) is 7.54. The molecule has 0 aliphatic rings. The molecule has 1 N–H and O–H groups in total. The summed E-state index contributed by atoms with van der Waals surface area (Å²) in [5, 5.41) is 0. The van der Waals surface area contributed by atoms with Crippen molar-refractivity contribution in [3.05, 3.63) is 33.2 Å². The second-order valence-corrected chi connectivity index (χ2v) is 3.15. The average molecular weight is 262 g/mol. The van der Waals surface area contributed by atoms with Crippen LogP contribution in [0, 0.1) is 0 Å². The van der Waals surface area contributed by atoms with Crippen molar-refractivity contribution in [2.45, 2.75) is 18.5 Å². The minimum atomic E-state index is -4.89. The lowest BCUT2D eigenvalue weighted by atomic mass is 10.1. The number of hydrogen-bond donors (Lipinski definition) is 1. The first-order valence-corrected chi connectivity index (χ1v) is 4.48. The van der Waals surface area contributed by atoms with E-state index in [1.54, 1.807) is 4.98 Å². The predicted octanol–water partition coefficient (Wildman–Crippen LogP) is 3.07. The highest BCUT2D eigenvalue weighted by molar-refractivity contribution is 6.17. The van der Waals surface area contributed by atoms with Gasteiger partial charge in [0, 0.05) is 5.56 Å². The molecule has 0 saturated heterocycles. The van der Waals surface area contributed by atoms with E-state index in [0.717, 1.165) is 0 Å². The van der Waals surface area contributed by atoms with Gasteiger partial charge in [-0.2, -0.15) is 13.2 Å². The van der Waals surface area contributed by atoms with Gasteiger partial charge in [-0.05, 0) is 6.07 Å². The fourth-order valence-electron chi connectivity index (χ4n) is 1.11. The third kappa shape index (κ3) is 2.52. The molecule has 0 atom stereocenters. The van der Waals surface area contributed by atoms with Gasteiger partial charge in [0.05, 0.1) is 17.1 Å². The molecule has 0 radical (unpaired) electrons. The van der Waals surface area contributed by atoms with Crippen LogP contribution >= 0.6 is 11.6 Å². The van der Waals surface area contributed by atoms with Gasteiger partial charge in [-0.3, -0.25) is 4.79 Å². The Morgan fingerprint density at radius 3 is 2.31 bits per heavy atom. The molecule has 16 heavy (non-hydrogen) atoms. The number of nitrogens with one attached hydrogen (secondary N) is 1. The smallest absolute Gasteiger partial charge is 0.321 e. The van der Waals surface area contributed by atoms with Gasteiger partial charge >= 0.3 is 6.18 Å². The molecule has 0 unspecified atom stereocenters. The van der Waals surface area contributed by atoms with Crippen LogP contribution in [0.15, 0.2) is 10.9 Å². The quantitative estimate of drug-likeness (QED) is 0.644. The van der Waals surface area contributed by atoms with E-state index in [0.29, 0.717) is 0 Å². The monoisotopic (exact) mass is 261 g/mol. The van der Waals surface area contributed by atoms with Crippen molar-refractivity contribution in [2.75, 3.05) is 0 Å². The number of rotatable bonds is 2. The molecule has 0 aromatic carbocycles. The molecule has 0 saturated carbocycles. The van der Waals surface area contributed by atoms with Gasteiger partial charge in [0.2, 0.25) is 0 Å². The molecular formula is C8H5ClF5NO. The zero-order chi connectivity index (χ0) is 12.5. The summed E-state index contributed by atoms with van der Waals surface area (Å²) >= 11 is 5.17. The number of H-pyrrole nitrogens is 1. The molecule has 0 bridgehead atoms. The molecule has 0 aliphatic heterocycles. The summed E-state index contributed by atoms with van der Waals surface area (Å²) in [7, 11) is 0. The van der Waals surface area contributed by atoms with E-state index in [-0.39, 0.29) is 6.07 Å². The molecule has 1 heterocycles. The molecule has 0 aliphatic carbocycles. The summed E-state index contributed by atoms with van der Waals surface area (Å²) in [6, 6.07) is 0.198. The van der Waals surface area contributed by atoms with Gasteiger partial charge in [0.15, 0.2) is 0 Å². The lowest BCUT2D eigenvalue weighted by molar-refractivity contribution is -0.138. The Kier molecular flexibility index (Phi) is 3.57. The van der Waals surface area contributed by atoms with Crippen LogP contribution < -0.4 is 5.56 Å². The standard InChI is InChI=1S/C8H5ClF5NO/c9-2-3-4(8(12,13)14)1-5(6(10)11)15-7(3)16/h1,6H,2H2,(H,15,16). The van der Waals surface area contributed by atoms with E-state index in [9.17, 15) is 26.7 Å². The van der Waals surface area contributed by atoms with Gasteiger partial charge in [-0.15, -0.1) is 11.6 Å². The lowest BCUT2D eigenvalue weighted by Crippen LogP contribution is -2.21. The molecule has 8 heteroatoms. The maximum atomic E-state index is 12.4. The van der Waals surface area contributed by atoms with E-state index in [2.05, 4.69) is 0 Å². The van der Waals surface area contributed by atoms with E-state index in [1.165, 1.54) is 0 Å². The van der Waals surface area contributed by atoms with Crippen LogP contribution in [-0.4, -0.2) is 4.98 Å². The largest absolute Gasteiger partial charge is 0.416 e. The van der Waals surface area contributed by atoms with Crippen LogP contribution in [-0.2, 0) is 12.1 Å². The normalized spacial score (nSPS) is 12.2. The minimum Gasteiger partial charge on any atom is -0.321 e. The Balaban J connectivity index is 3.50. The second-order valence-electron chi connectivity index (χ2n) is 2.88. The summed E-state index contributed by atoms with van der Waals surface area (Å²) in [6.45, 7) is 0. The molecule has 1 aromatic heterocycles. The fourth-order valence-corrected chi connectivity index (χ4v) is 1.38. The molecule has 0 amide bonds.